The summed E-state index contributed by atoms with van der Waals surface area (Å²) in [7, 11) is 1.86. The normalized spacial score (nSPS) is 22.9. The Labute approximate surface area is 155 Å². The molecule has 2 saturated carbocycles. The first-order valence-corrected chi connectivity index (χ1v) is 9.96. The van der Waals surface area contributed by atoms with E-state index in [2.05, 4.69) is 5.10 Å². The molecular weight excluding hydrogens is 330 g/mol. The molecule has 0 aliphatic heterocycles. The number of esters is 1. The van der Waals surface area contributed by atoms with Crippen molar-refractivity contribution in [3.63, 3.8) is 0 Å². The molecule has 0 spiro atoms. The Morgan fingerprint density at radius 1 is 1.27 bits per heavy atom. The molecule has 144 valence electrons. The van der Waals surface area contributed by atoms with Crippen LogP contribution in [0.5, 0.6) is 0 Å². The van der Waals surface area contributed by atoms with Gasteiger partial charge in [-0.3, -0.25) is 14.3 Å². The molecule has 0 bridgehead atoms. The minimum Gasteiger partial charge on any atom is -0.466 e. The zero-order valence-electron chi connectivity index (χ0n) is 16.2. The number of carbonyl (C=O) groups excluding carboxylic acids is 2. The lowest BCUT2D eigenvalue weighted by Gasteiger charge is -2.29. The van der Waals surface area contributed by atoms with Gasteiger partial charge in [0.15, 0.2) is 5.69 Å². The third-order valence-electron chi connectivity index (χ3n) is 5.79. The van der Waals surface area contributed by atoms with Crippen LogP contribution in [-0.2, 0) is 16.6 Å². The molecule has 1 heterocycles. The van der Waals surface area contributed by atoms with Crippen molar-refractivity contribution in [2.24, 2.45) is 24.8 Å². The summed E-state index contributed by atoms with van der Waals surface area (Å²) in [4.78, 5) is 27.0. The van der Waals surface area contributed by atoms with Gasteiger partial charge in [-0.05, 0) is 51.0 Å². The Morgan fingerprint density at radius 2 is 2.00 bits per heavy atom. The van der Waals surface area contributed by atoms with Gasteiger partial charge >= 0.3 is 5.97 Å². The van der Waals surface area contributed by atoms with Crippen LogP contribution in [0.15, 0.2) is 6.07 Å². The fourth-order valence-electron chi connectivity index (χ4n) is 4.02. The van der Waals surface area contributed by atoms with E-state index in [0.717, 1.165) is 18.7 Å². The van der Waals surface area contributed by atoms with Gasteiger partial charge in [0.25, 0.3) is 5.91 Å². The fourth-order valence-corrected chi connectivity index (χ4v) is 4.02. The molecule has 0 radical (unpaired) electrons. The second-order valence-corrected chi connectivity index (χ2v) is 7.86. The van der Waals surface area contributed by atoms with Crippen molar-refractivity contribution in [2.45, 2.75) is 52.4 Å². The minimum absolute atomic E-state index is 0.00576. The number of aromatic nitrogens is 2. The molecule has 0 unspecified atom stereocenters. The maximum Gasteiger partial charge on any atom is 0.309 e. The molecule has 3 rings (SSSR count). The van der Waals surface area contributed by atoms with E-state index in [0.29, 0.717) is 24.8 Å². The predicted molar refractivity (Wildman–Crippen MR) is 98.7 cm³/mol. The predicted octanol–water partition coefficient (Wildman–Crippen LogP) is 2.95. The first kappa shape index (κ1) is 18.9. The SMILES string of the molecule is CCOC(=O)[C@@H]1C[C@H]1CN(CC1CCCCC1)C(=O)c1cc(C)n(C)n1. The second-order valence-electron chi connectivity index (χ2n) is 7.86. The van der Waals surface area contributed by atoms with Crippen molar-refractivity contribution in [3.8, 4) is 0 Å². The second kappa shape index (κ2) is 8.23. The van der Waals surface area contributed by atoms with Crippen LogP contribution in [0.3, 0.4) is 0 Å². The quantitative estimate of drug-likeness (QED) is 0.701. The molecule has 6 nitrogen and oxygen atoms in total. The molecule has 0 aromatic carbocycles. The van der Waals surface area contributed by atoms with Crippen molar-refractivity contribution < 1.29 is 14.3 Å². The first-order chi connectivity index (χ1) is 12.5. The Hall–Kier alpha value is -1.85. The maximum absolute atomic E-state index is 13.1. The number of hydrogen-bond acceptors (Lipinski definition) is 4. The molecule has 26 heavy (non-hydrogen) atoms. The van der Waals surface area contributed by atoms with Crippen LogP contribution >= 0.6 is 0 Å². The number of nitrogens with zero attached hydrogens (tertiary/aromatic N) is 3. The highest BCUT2D eigenvalue weighted by Gasteiger charge is 2.45. The fraction of sp³-hybridized carbons (Fsp3) is 0.750. The highest BCUT2D eigenvalue weighted by molar-refractivity contribution is 5.92. The van der Waals surface area contributed by atoms with Gasteiger partial charge in [0.2, 0.25) is 0 Å². The molecule has 2 aliphatic rings. The zero-order valence-corrected chi connectivity index (χ0v) is 16.2. The van der Waals surface area contributed by atoms with Crippen molar-refractivity contribution in [3.05, 3.63) is 17.5 Å². The topological polar surface area (TPSA) is 64.4 Å². The van der Waals surface area contributed by atoms with E-state index in [9.17, 15) is 9.59 Å². The highest BCUT2D eigenvalue weighted by Crippen LogP contribution is 2.40. The van der Waals surface area contributed by atoms with Crippen molar-refractivity contribution in [1.29, 1.82) is 0 Å². The van der Waals surface area contributed by atoms with Crippen LogP contribution in [-0.4, -0.2) is 46.3 Å². The third-order valence-corrected chi connectivity index (χ3v) is 5.79. The van der Waals surface area contributed by atoms with Gasteiger partial charge in [-0.1, -0.05) is 19.3 Å². The van der Waals surface area contributed by atoms with E-state index in [4.69, 9.17) is 4.74 Å². The van der Waals surface area contributed by atoms with Crippen molar-refractivity contribution >= 4 is 11.9 Å². The average molecular weight is 361 g/mol. The van der Waals surface area contributed by atoms with Crippen LogP contribution < -0.4 is 0 Å². The largest absolute Gasteiger partial charge is 0.466 e. The number of ether oxygens (including phenoxy) is 1. The van der Waals surface area contributed by atoms with Crippen LogP contribution in [0.4, 0.5) is 0 Å². The summed E-state index contributed by atoms with van der Waals surface area (Å²) in [5, 5.41) is 4.37. The summed E-state index contributed by atoms with van der Waals surface area (Å²) >= 11 is 0. The van der Waals surface area contributed by atoms with Gasteiger partial charge in [0.1, 0.15) is 0 Å². The van der Waals surface area contributed by atoms with E-state index in [1.165, 1.54) is 32.1 Å². The van der Waals surface area contributed by atoms with Crippen LogP contribution in [0.1, 0.15) is 61.6 Å². The van der Waals surface area contributed by atoms with Crippen molar-refractivity contribution in [1.82, 2.24) is 14.7 Å². The zero-order chi connectivity index (χ0) is 18.7. The summed E-state index contributed by atoms with van der Waals surface area (Å²) in [5.41, 5.74) is 1.48. The molecule has 0 N–H and O–H groups in total. The standard InChI is InChI=1S/C20H31N3O3/c1-4-26-20(25)17-11-16(17)13-23(12-15-8-6-5-7-9-15)19(24)18-10-14(2)22(3)21-18/h10,15-17H,4-9,11-13H2,1-3H3/t16-,17+/m0/s1. The van der Waals surface area contributed by atoms with Gasteiger partial charge in [-0.15, -0.1) is 0 Å². The van der Waals surface area contributed by atoms with Gasteiger partial charge in [-0.2, -0.15) is 5.10 Å². The van der Waals surface area contributed by atoms with Crippen LogP contribution in [0.25, 0.3) is 0 Å². The Bertz CT molecular complexity index is 629. The van der Waals surface area contributed by atoms with E-state index in [-0.39, 0.29) is 23.7 Å². The molecule has 1 aromatic heterocycles. The maximum atomic E-state index is 13.1. The number of hydrogen-bond donors (Lipinski definition) is 0. The summed E-state index contributed by atoms with van der Waals surface area (Å²) in [6.07, 6.45) is 7.02. The van der Waals surface area contributed by atoms with Gasteiger partial charge in [-0.25, -0.2) is 0 Å². The molecule has 2 fully saturated rings. The Kier molecular flexibility index (Phi) is 5.99. The number of aryl methyl sites for hydroxylation is 2. The first-order valence-electron chi connectivity index (χ1n) is 9.96. The molecular formula is C20H31N3O3. The molecule has 6 heteroatoms. The smallest absolute Gasteiger partial charge is 0.309 e. The summed E-state index contributed by atoms with van der Waals surface area (Å²) in [6, 6.07) is 1.85. The van der Waals surface area contributed by atoms with Gasteiger partial charge in [0.05, 0.1) is 12.5 Å². The van der Waals surface area contributed by atoms with Crippen LogP contribution in [0, 0.1) is 24.7 Å². The lowest BCUT2D eigenvalue weighted by atomic mass is 9.89. The highest BCUT2D eigenvalue weighted by atomic mass is 16.5. The molecule has 1 aromatic rings. The van der Waals surface area contributed by atoms with Gasteiger partial charge in [0, 0.05) is 25.8 Å². The third kappa shape index (κ3) is 4.46. The molecule has 2 aliphatic carbocycles. The molecule has 0 saturated heterocycles. The van der Waals surface area contributed by atoms with E-state index >= 15 is 0 Å². The minimum atomic E-state index is -0.115. The monoisotopic (exact) mass is 361 g/mol. The summed E-state index contributed by atoms with van der Waals surface area (Å²) in [5.74, 6) is 0.635. The lowest BCUT2D eigenvalue weighted by molar-refractivity contribution is -0.145. The van der Waals surface area contributed by atoms with E-state index < -0.39 is 0 Å². The summed E-state index contributed by atoms with van der Waals surface area (Å²) in [6.45, 7) is 5.61. The Morgan fingerprint density at radius 3 is 2.62 bits per heavy atom. The van der Waals surface area contributed by atoms with E-state index in [1.807, 2.05) is 31.9 Å². The van der Waals surface area contributed by atoms with Crippen LogP contribution in [0.2, 0.25) is 0 Å². The molecule has 2 atom stereocenters. The van der Waals surface area contributed by atoms with Gasteiger partial charge < -0.3 is 9.64 Å². The molecule has 1 amide bonds. The summed E-state index contributed by atoms with van der Waals surface area (Å²) < 4.78 is 6.87. The Balaban J connectivity index is 1.67. The average Bonchev–Trinajstić information content (AvgIpc) is 3.32. The number of amides is 1. The van der Waals surface area contributed by atoms with E-state index in [1.54, 1.807) is 4.68 Å². The number of carbonyl (C=O) groups is 2. The van der Waals surface area contributed by atoms with Crippen molar-refractivity contribution in [2.75, 3.05) is 19.7 Å². The number of rotatable bonds is 7. The lowest BCUT2D eigenvalue weighted by Crippen LogP contribution is -2.38.